The number of alkyl halides is 3. The Morgan fingerprint density at radius 2 is 1.62 bits per heavy atom. The first-order chi connectivity index (χ1) is 12.2. The highest BCUT2D eigenvalue weighted by Crippen LogP contribution is 2.26. The van der Waals surface area contributed by atoms with Gasteiger partial charge in [-0.25, -0.2) is 0 Å². The van der Waals surface area contributed by atoms with Crippen LogP contribution in [-0.4, -0.2) is 33.7 Å². The van der Waals surface area contributed by atoms with Crippen LogP contribution in [0.25, 0.3) is 0 Å². The van der Waals surface area contributed by atoms with Crippen molar-refractivity contribution in [2.24, 2.45) is 5.16 Å². The van der Waals surface area contributed by atoms with Gasteiger partial charge in [0.25, 0.3) is 0 Å². The number of hydrogen-bond donors (Lipinski definition) is 0. The lowest BCUT2D eigenvalue weighted by atomic mass is 10.1. The van der Waals surface area contributed by atoms with Gasteiger partial charge in [-0.15, -0.1) is 11.8 Å². The molecule has 2 rings (SSSR count). The number of hydrogen-bond acceptors (Lipinski definition) is 6. The van der Waals surface area contributed by atoms with Gasteiger partial charge in [0, 0.05) is 10.5 Å². The maximum atomic E-state index is 13.2. The molecule has 0 unspecified atom stereocenters. The number of halogens is 3. The van der Waals surface area contributed by atoms with E-state index in [0.717, 1.165) is 17.0 Å². The van der Waals surface area contributed by atoms with E-state index in [9.17, 15) is 21.6 Å². The summed E-state index contributed by atoms with van der Waals surface area (Å²) in [6.07, 6.45) is -3.12. The summed E-state index contributed by atoms with van der Waals surface area (Å²) in [4.78, 5) is 0.406. The van der Waals surface area contributed by atoms with Gasteiger partial charge in [0.15, 0.2) is 5.71 Å². The summed E-state index contributed by atoms with van der Waals surface area (Å²) >= 11 is 1.36. The quantitative estimate of drug-likeness (QED) is 0.412. The van der Waals surface area contributed by atoms with Crippen LogP contribution in [0.4, 0.5) is 13.2 Å². The Hall–Kier alpha value is -2.20. The van der Waals surface area contributed by atoms with Crippen LogP contribution < -0.4 is 4.74 Å². The molecular weight excluding hydrogens is 391 g/mol. The van der Waals surface area contributed by atoms with Crippen LogP contribution in [0, 0.1) is 0 Å². The Labute approximate surface area is 152 Å². The van der Waals surface area contributed by atoms with Gasteiger partial charge < -0.3 is 4.74 Å². The van der Waals surface area contributed by atoms with Gasteiger partial charge in [-0.05, 0) is 42.7 Å². The van der Waals surface area contributed by atoms with Gasteiger partial charge >= 0.3 is 16.3 Å². The van der Waals surface area contributed by atoms with Gasteiger partial charge in [0.2, 0.25) is 0 Å². The number of rotatable bonds is 6. The van der Waals surface area contributed by atoms with Crippen molar-refractivity contribution < 1.29 is 30.6 Å². The Kier molecular flexibility index (Phi) is 6.19. The van der Waals surface area contributed by atoms with Crippen LogP contribution in [0.15, 0.2) is 63.5 Å². The third-order valence-corrected chi connectivity index (χ3v) is 5.07. The lowest BCUT2D eigenvalue weighted by molar-refractivity contribution is -0.0597. The summed E-state index contributed by atoms with van der Waals surface area (Å²) in [7, 11) is -3.12. The standard InChI is InChI=1S/C16H14F3NO4S2/c1-23-12-5-9-14(10-6-12)26(21,22)24-20-15(16(17,18)19)11-3-7-13(25-2)8-4-11/h3-10H,1-2H3. The van der Waals surface area contributed by atoms with Gasteiger partial charge in [-0.2, -0.15) is 21.6 Å². The highest BCUT2D eigenvalue weighted by Gasteiger charge is 2.38. The normalized spacial score (nSPS) is 12.7. The lowest BCUT2D eigenvalue weighted by Gasteiger charge is -2.11. The van der Waals surface area contributed by atoms with Crippen molar-refractivity contribution in [2.75, 3.05) is 13.4 Å². The maximum absolute atomic E-state index is 13.2. The summed E-state index contributed by atoms with van der Waals surface area (Å²) < 4.78 is 73.0. The molecule has 0 saturated heterocycles. The fourth-order valence-corrected chi connectivity index (χ4v) is 3.03. The molecule has 2 aromatic rings. The highest BCUT2D eigenvalue weighted by atomic mass is 32.2. The minimum Gasteiger partial charge on any atom is -0.497 e. The second-order valence-electron chi connectivity index (χ2n) is 4.87. The molecule has 0 amide bonds. The van der Waals surface area contributed by atoms with E-state index in [4.69, 9.17) is 4.74 Å². The van der Waals surface area contributed by atoms with Crippen molar-refractivity contribution >= 4 is 27.6 Å². The topological polar surface area (TPSA) is 65.0 Å². The van der Waals surface area contributed by atoms with Gasteiger partial charge in [0.05, 0.1) is 7.11 Å². The van der Waals surface area contributed by atoms with E-state index in [2.05, 4.69) is 9.44 Å². The van der Waals surface area contributed by atoms with Crippen LogP contribution >= 0.6 is 11.8 Å². The largest absolute Gasteiger partial charge is 0.497 e. The predicted molar refractivity (Wildman–Crippen MR) is 92.1 cm³/mol. The molecule has 10 heteroatoms. The van der Waals surface area contributed by atoms with E-state index in [1.165, 1.54) is 55.3 Å². The summed E-state index contributed by atoms with van der Waals surface area (Å²) in [6.45, 7) is 0. The molecule has 2 aromatic carbocycles. The van der Waals surface area contributed by atoms with Gasteiger partial charge in [-0.1, -0.05) is 17.3 Å². The zero-order valence-electron chi connectivity index (χ0n) is 13.6. The molecule has 0 spiro atoms. The molecule has 0 saturated carbocycles. The molecule has 0 aliphatic carbocycles. The molecule has 26 heavy (non-hydrogen) atoms. The van der Waals surface area contributed by atoms with Crippen LogP contribution in [0.2, 0.25) is 0 Å². The third kappa shape index (κ3) is 4.92. The van der Waals surface area contributed by atoms with Gasteiger partial charge in [-0.3, -0.25) is 4.28 Å². The molecule has 5 nitrogen and oxygen atoms in total. The Balaban J connectivity index is 2.34. The van der Waals surface area contributed by atoms with Crippen molar-refractivity contribution in [1.82, 2.24) is 0 Å². The van der Waals surface area contributed by atoms with E-state index in [1.807, 2.05) is 0 Å². The van der Waals surface area contributed by atoms with E-state index in [1.54, 1.807) is 6.26 Å². The summed E-state index contributed by atoms with van der Waals surface area (Å²) in [5.41, 5.74) is -1.75. The fraction of sp³-hybridized carbons (Fsp3) is 0.188. The number of ether oxygens (including phenoxy) is 1. The summed E-state index contributed by atoms with van der Waals surface area (Å²) in [6, 6.07) is 10.3. The first-order valence-corrected chi connectivity index (χ1v) is 9.68. The summed E-state index contributed by atoms with van der Waals surface area (Å²) in [5, 5.41) is 2.88. The lowest BCUT2D eigenvalue weighted by Crippen LogP contribution is -2.25. The van der Waals surface area contributed by atoms with Crippen LogP contribution in [0.5, 0.6) is 5.75 Å². The number of oxime groups is 1. The van der Waals surface area contributed by atoms with Crippen LogP contribution in [-0.2, 0) is 14.4 Å². The molecular formula is C16H14F3NO4S2. The van der Waals surface area contributed by atoms with Crippen molar-refractivity contribution in [3.05, 3.63) is 54.1 Å². The minimum absolute atomic E-state index is 0.305. The zero-order chi connectivity index (χ0) is 19.4. The first kappa shape index (κ1) is 20.1. The molecule has 0 heterocycles. The molecule has 0 aromatic heterocycles. The third-order valence-electron chi connectivity index (χ3n) is 3.21. The smallest absolute Gasteiger partial charge is 0.437 e. The average molecular weight is 405 g/mol. The molecule has 0 aliphatic heterocycles. The number of nitrogens with zero attached hydrogens (tertiary/aromatic N) is 1. The Morgan fingerprint density at radius 1 is 1.04 bits per heavy atom. The molecule has 140 valence electrons. The van der Waals surface area contributed by atoms with E-state index in [-0.39, 0.29) is 10.5 Å². The number of thioether (sulfide) groups is 1. The molecule has 0 atom stereocenters. The summed E-state index contributed by atoms with van der Waals surface area (Å²) in [5.74, 6) is 0.386. The Morgan fingerprint density at radius 3 is 2.08 bits per heavy atom. The van der Waals surface area contributed by atoms with Crippen molar-refractivity contribution in [1.29, 1.82) is 0 Å². The second-order valence-corrected chi connectivity index (χ2v) is 7.28. The predicted octanol–water partition coefficient (Wildman–Crippen LogP) is 4.09. The van der Waals surface area contributed by atoms with Gasteiger partial charge in [0.1, 0.15) is 10.6 Å². The second kappa shape index (κ2) is 8.00. The van der Waals surface area contributed by atoms with Crippen molar-refractivity contribution in [2.45, 2.75) is 16.0 Å². The van der Waals surface area contributed by atoms with E-state index in [0.29, 0.717) is 5.75 Å². The number of methoxy groups -OCH3 is 1. The zero-order valence-corrected chi connectivity index (χ0v) is 15.3. The monoisotopic (exact) mass is 405 g/mol. The maximum Gasteiger partial charge on any atom is 0.437 e. The fourth-order valence-electron chi connectivity index (χ4n) is 1.89. The first-order valence-electron chi connectivity index (χ1n) is 7.04. The highest BCUT2D eigenvalue weighted by molar-refractivity contribution is 7.98. The minimum atomic E-state index is -4.89. The van der Waals surface area contributed by atoms with Crippen molar-refractivity contribution in [3.63, 3.8) is 0 Å². The van der Waals surface area contributed by atoms with Crippen molar-refractivity contribution in [3.8, 4) is 5.75 Å². The average Bonchev–Trinajstić information content (AvgIpc) is 2.61. The number of benzene rings is 2. The van der Waals surface area contributed by atoms with Crippen LogP contribution in [0.1, 0.15) is 5.56 Å². The molecule has 0 bridgehead atoms. The van der Waals surface area contributed by atoms with Crippen LogP contribution in [0.3, 0.4) is 0 Å². The molecule has 0 aliphatic rings. The molecule has 0 fully saturated rings. The SMILES string of the molecule is COc1ccc(S(=O)(=O)ON=C(c2ccc(SC)cc2)C(F)(F)F)cc1. The molecule has 0 N–H and O–H groups in total. The van der Waals surface area contributed by atoms with E-state index >= 15 is 0 Å². The van der Waals surface area contributed by atoms with E-state index < -0.39 is 22.0 Å². The molecule has 0 radical (unpaired) electrons. The Bertz CT molecular complexity index is 877.